The van der Waals surface area contributed by atoms with Crippen LogP contribution in [0.1, 0.15) is 16.8 Å². The number of rotatable bonds is 4. The summed E-state index contributed by atoms with van der Waals surface area (Å²) in [5.74, 6) is 0. The summed E-state index contributed by atoms with van der Waals surface area (Å²) < 4.78 is 40.4. The number of alkyl halides is 3. The lowest BCUT2D eigenvalue weighted by atomic mass is 10.1. The summed E-state index contributed by atoms with van der Waals surface area (Å²) in [5.41, 5.74) is 0.603. The van der Waals surface area contributed by atoms with Crippen molar-refractivity contribution < 1.29 is 18.1 Å². The molecule has 5 nitrogen and oxygen atoms in total. The molecule has 1 aromatic heterocycles. The van der Waals surface area contributed by atoms with E-state index in [-0.39, 0.29) is 11.3 Å². The van der Waals surface area contributed by atoms with Crippen LogP contribution in [0.2, 0.25) is 0 Å². The number of hydrogen-bond acceptors (Lipinski definition) is 3. The van der Waals surface area contributed by atoms with Crippen LogP contribution in [0.5, 0.6) is 0 Å². The van der Waals surface area contributed by atoms with Crippen LogP contribution in [-0.4, -0.2) is 9.49 Å². The smallest absolute Gasteiger partial charge is 0.317 e. The van der Waals surface area contributed by atoms with Crippen molar-refractivity contribution >= 4 is 17.3 Å². The van der Waals surface area contributed by atoms with Crippen molar-refractivity contribution in [2.24, 2.45) is 0 Å². The Kier molecular flexibility index (Phi) is 5.00. The summed E-state index contributed by atoms with van der Waals surface area (Å²) in [6, 6.07) is 15.6. The van der Waals surface area contributed by atoms with Crippen molar-refractivity contribution in [2.45, 2.75) is 6.18 Å². The van der Waals surface area contributed by atoms with E-state index in [2.05, 4.69) is 0 Å². The second-order valence-corrected chi connectivity index (χ2v) is 5.82. The number of nitriles is 1. The van der Waals surface area contributed by atoms with Crippen molar-refractivity contribution in [3.8, 4) is 11.8 Å². The van der Waals surface area contributed by atoms with Gasteiger partial charge in [0.25, 0.3) is 5.69 Å². The molecule has 0 saturated carbocycles. The number of hydrogen-bond donors (Lipinski definition) is 0. The Morgan fingerprint density at radius 3 is 2.43 bits per heavy atom. The number of aromatic nitrogens is 1. The second kappa shape index (κ2) is 7.40. The maximum Gasteiger partial charge on any atom is 0.416 e. The number of nitro groups is 1. The normalized spacial score (nSPS) is 11.9. The highest BCUT2D eigenvalue weighted by Gasteiger charge is 2.30. The van der Waals surface area contributed by atoms with E-state index in [0.29, 0.717) is 16.9 Å². The Balaban J connectivity index is 2.01. The molecule has 3 rings (SSSR count). The van der Waals surface area contributed by atoms with Gasteiger partial charge in [0.1, 0.15) is 0 Å². The first-order valence-corrected chi connectivity index (χ1v) is 8.01. The van der Waals surface area contributed by atoms with Gasteiger partial charge < -0.3 is 4.57 Å². The number of halogens is 3. The molecule has 0 amide bonds. The quantitative estimate of drug-likeness (QED) is 0.341. The van der Waals surface area contributed by atoms with Crippen LogP contribution in [0.15, 0.2) is 66.9 Å². The second-order valence-electron chi connectivity index (χ2n) is 5.82. The molecule has 0 saturated heterocycles. The number of allylic oxidation sites excluding steroid dienone is 1. The minimum atomic E-state index is -4.46. The fourth-order valence-corrected chi connectivity index (χ4v) is 2.67. The van der Waals surface area contributed by atoms with Gasteiger partial charge in [0.05, 0.1) is 22.1 Å². The predicted molar refractivity (Wildman–Crippen MR) is 97.4 cm³/mol. The topological polar surface area (TPSA) is 71.9 Å². The van der Waals surface area contributed by atoms with E-state index in [1.54, 1.807) is 18.3 Å². The molecule has 3 aromatic rings. The molecular formula is C20H12F3N3O2. The molecule has 0 unspecified atom stereocenters. The average Bonchev–Trinajstić information content (AvgIpc) is 3.14. The molecule has 0 fully saturated rings. The summed E-state index contributed by atoms with van der Waals surface area (Å²) in [6.45, 7) is 0. The molecule has 28 heavy (non-hydrogen) atoms. The summed E-state index contributed by atoms with van der Waals surface area (Å²) >= 11 is 0. The highest BCUT2D eigenvalue weighted by Crippen LogP contribution is 2.31. The van der Waals surface area contributed by atoms with Crippen LogP contribution in [0.25, 0.3) is 17.3 Å². The van der Waals surface area contributed by atoms with Crippen molar-refractivity contribution in [1.82, 2.24) is 4.57 Å². The first kappa shape index (κ1) is 18.9. The van der Waals surface area contributed by atoms with Crippen molar-refractivity contribution in [3.05, 3.63) is 93.8 Å². The van der Waals surface area contributed by atoms with Crippen LogP contribution in [0.3, 0.4) is 0 Å². The molecule has 0 aliphatic rings. The van der Waals surface area contributed by atoms with Crippen LogP contribution >= 0.6 is 0 Å². The molecule has 8 heteroatoms. The minimum Gasteiger partial charge on any atom is -0.317 e. The largest absolute Gasteiger partial charge is 0.416 e. The van der Waals surface area contributed by atoms with E-state index in [0.717, 1.165) is 12.1 Å². The summed E-state index contributed by atoms with van der Waals surface area (Å²) in [7, 11) is 0. The molecule has 0 N–H and O–H groups in total. The lowest BCUT2D eigenvalue weighted by molar-refractivity contribution is -0.384. The molecule has 2 aromatic carbocycles. The van der Waals surface area contributed by atoms with Gasteiger partial charge >= 0.3 is 6.18 Å². The third kappa shape index (κ3) is 3.94. The van der Waals surface area contributed by atoms with Gasteiger partial charge in [-0.15, -0.1) is 0 Å². The Hall–Kier alpha value is -3.86. The fourth-order valence-electron chi connectivity index (χ4n) is 2.67. The fraction of sp³-hybridized carbons (Fsp3) is 0.0500. The Labute approximate surface area is 157 Å². The van der Waals surface area contributed by atoms with Gasteiger partial charge in [-0.05, 0) is 54.1 Å². The van der Waals surface area contributed by atoms with E-state index >= 15 is 0 Å². The zero-order valence-electron chi connectivity index (χ0n) is 14.2. The monoisotopic (exact) mass is 383 g/mol. The van der Waals surface area contributed by atoms with Crippen LogP contribution < -0.4 is 0 Å². The summed E-state index contributed by atoms with van der Waals surface area (Å²) in [5, 5.41) is 20.2. The third-order valence-corrected chi connectivity index (χ3v) is 4.03. The lowest BCUT2D eigenvalue weighted by Gasteiger charge is -2.11. The van der Waals surface area contributed by atoms with Gasteiger partial charge in [0, 0.05) is 29.7 Å². The molecule has 0 spiro atoms. The molecule has 0 aliphatic heterocycles. The SMILES string of the molecule is N#CC(=Cc1cccn1-c1cccc(C(F)(F)F)c1)c1ccc([N+](=O)[O-])cc1. The highest BCUT2D eigenvalue weighted by atomic mass is 19.4. The number of nitrogens with zero attached hydrogens (tertiary/aromatic N) is 3. The molecular weight excluding hydrogens is 371 g/mol. The van der Waals surface area contributed by atoms with E-state index in [9.17, 15) is 28.5 Å². The van der Waals surface area contributed by atoms with E-state index in [1.807, 2.05) is 6.07 Å². The minimum absolute atomic E-state index is 0.103. The Bertz CT molecular complexity index is 1090. The first-order valence-electron chi connectivity index (χ1n) is 8.01. The number of benzene rings is 2. The highest BCUT2D eigenvalue weighted by molar-refractivity contribution is 5.89. The molecule has 1 heterocycles. The maximum absolute atomic E-state index is 13.0. The van der Waals surface area contributed by atoms with Crippen molar-refractivity contribution in [1.29, 1.82) is 5.26 Å². The van der Waals surface area contributed by atoms with Gasteiger partial charge in [0.2, 0.25) is 0 Å². The van der Waals surface area contributed by atoms with Crippen molar-refractivity contribution in [2.75, 3.05) is 0 Å². The van der Waals surface area contributed by atoms with E-state index < -0.39 is 16.7 Å². The van der Waals surface area contributed by atoms with Crippen LogP contribution in [0, 0.1) is 21.4 Å². The van der Waals surface area contributed by atoms with Gasteiger partial charge in [-0.1, -0.05) is 6.07 Å². The van der Waals surface area contributed by atoms with E-state index in [1.165, 1.54) is 47.0 Å². The van der Waals surface area contributed by atoms with Gasteiger partial charge in [-0.25, -0.2) is 0 Å². The number of nitro benzene ring substituents is 1. The van der Waals surface area contributed by atoms with E-state index in [4.69, 9.17) is 0 Å². The van der Waals surface area contributed by atoms with Crippen molar-refractivity contribution in [3.63, 3.8) is 0 Å². The molecule has 0 bridgehead atoms. The zero-order chi connectivity index (χ0) is 20.3. The molecule has 0 atom stereocenters. The molecule has 0 radical (unpaired) electrons. The zero-order valence-corrected chi connectivity index (χ0v) is 14.2. The maximum atomic E-state index is 13.0. The lowest BCUT2D eigenvalue weighted by Crippen LogP contribution is -2.06. The predicted octanol–water partition coefficient (Wildman–Crippen LogP) is 5.47. The Morgan fingerprint density at radius 1 is 1.11 bits per heavy atom. The number of non-ortho nitro benzene ring substituents is 1. The standard InChI is InChI=1S/C20H12F3N3O2/c21-20(22,23)16-3-1-4-19(12-16)25-10-2-5-18(25)11-15(13-24)14-6-8-17(9-7-14)26(27)28/h1-12H. The third-order valence-electron chi connectivity index (χ3n) is 4.03. The van der Waals surface area contributed by atoms with Gasteiger partial charge in [0.15, 0.2) is 0 Å². The molecule has 0 aliphatic carbocycles. The van der Waals surface area contributed by atoms with Gasteiger partial charge in [-0.2, -0.15) is 18.4 Å². The summed E-state index contributed by atoms with van der Waals surface area (Å²) in [4.78, 5) is 10.2. The summed E-state index contributed by atoms with van der Waals surface area (Å²) in [6.07, 6.45) is -1.36. The average molecular weight is 383 g/mol. The van der Waals surface area contributed by atoms with Crippen LogP contribution in [0.4, 0.5) is 18.9 Å². The van der Waals surface area contributed by atoms with Crippen LogP contribution in [-0.2, 0) is 6.18 Å². The van der Waals surface area contributed by atoms with Gasteiger partial charge in [-0.3, -0.25) is 10.1 Å². The Morgan fingerprint density at radius 2 is 1.82 bits per heavy atom. The molecule has 140 valence electrons. The first-order chi connectivity index (χ1) is 13.3.